The summed E-state index contributed by atoms with van der Waals surface area (Å²) in [7, 11) is 3.30. The smallest absolute Gasteiger partial charge is 0.323 e. The molecule has 1 aromatic carbocycles. The lowest BCUT2D eigenvalue weighted by atomic mass is 10.1. The molecule has 0 unspecified atom stereocenters. The Balaban J connectivity index is 1.67. The third-order valence-corrected chi connectivity index (χ3v) is 5.10. The lowest BCUT2D eigenvalue weighted by Gasteiger charge is -2.13. The van der Waals surface area contributed by atoms with E-state index in [4.69, 9.17) is 11.6 Å². The number of rotatable bonds is 5. The van der Waals surface area contributed by atoms with Gasteiger partial charge in [0, 0.05) is 38.1 Å². The van der Waals surface area contributed by atoms with Gasteiger partial charge >= 0.3 is 6.03 Å². The van der Waals surface area contributed by atoms with Gasteiger partial charge in [0.2, 0.25) is 5.91 Å². The van der Waals surface area contributed by atoms with Gasteiger partial charge < -0.3 is 15.5 Å². The maximum absolute atomic E-state index is 12.4. The molecule has 0 spiro atoms. The number of hydrogen-bond acceptors (Lipinski definition) is 5. The van der Waals surface area contributed by atoms with Gasteiger partial charge in [0.25, 0.3) is 5.91 Å². The van der Waals surface area contributed by atoms with E-state index in [1.807, 2.05) is 0 Å². The maximum atomic E-state index is 12.4. The van der Waals surface area contributed by atoms with Crippen LogP contribution < -0.4 is 15.5 Å². The van der Waals surface area contributed by atoms with Crippen molar-refractivity contribution in [2.45, 2.75) is 6.42 Å². The molecule has 1 fully saturated rings. The summed E-state index contributed by atoms with van der Waals surface area (Å²) < 4.78 is 0. The van der Waals surface area contributed by atoms with Crippen molar-refractivity contribution in [3.05, 3.63) is 39.9 Å². The molecular weight excluding hydrogens is 390 g/mol. The van der Waals surface area contributed by atoms with Gasteiger partial charge in [-0.3, -0.25) is 14.5 Å². The molecular formula is C17H18ClN5O3S. The molecule has 2 aromatic rings. The number of amides is 4. The van der Waals surface area contributed by atoms with Gasteiger partial charge in [-0.25, -0.2) is 9.78 Å². The molecule has 2 N–H and O–H groups in total. The number of carbonyl (C=O) groups is 3. The van der Waals surface area contributed by atoms with Crippen LogP contribution in [0.15, 0.2) is 23.6 Å². The monoisotopic (exact) mass is 407 g/mol. The van der Waals surface area contributed by atoms with Crippen molar-refractivity contribution in [2.24, 2.45) is 0 Å². The number of anilines is 2. The van der Waals surface area contributed by atoms with Crippen molar-refractivity contribution in [2.75, 3.05) is 37.4 Å². The Bertz CT molecular complexity index is 898. The van der Waals surface area contributed by atoms with Crippen LogP contribution in [0.5, 0.6) is 0 Å². The Morgan fingerprint density at radius 2 is 2.19 bits per heavy atom. The Morgan fingerprint density at radius 1 is 1.41 bits per heavy atom. The normalized spacial score (nSPS) is 13.4. The minimum Gasteiger partial charge on any atom is -0.345 e. The fourth-order valence-electron chi connectivity index (χ4n) is 2.53. The number of nitrogens with zero attached hydrogens (tertiary/aromatic N) is 3. The second kappa shape index (κ2) is 7.93. The highest BCUT2D eigenvalue weighted by Gasteiger charge is 2.24. The summed E-state index contributed by atoms with van der Waals surface area (Å²) in [6.07, 6.45) is 0.0359. The fourth-order valence-corrected chi connectivity index (χ4v) is 3.54. The number of halogens is 1. The summed E-state index contributed by atoms with van der Waals surface area (Å²) in [5.41, 5.74) is 1.35. The van der Waals surface area contributed by atoms with Crippen LogP contribution in [0.1, 0.15) is 16.1 Å². The summed E-state index contributed by atoms with van der Waals surface area (Å²) in [5.74, 6) is -0.496. The quantitative estimate of drug-likeness (QED) is 0.794. The molecule has 0 saturated carbocycles. The lowest BCUT2D eigenvalue weighted by Crippen LogP contribution is -2.27. The van der Waals surface area contributed by atoms with Crippen LogP contribution in [0.4, 0.5) is 15.6 Å². The van der Waals surface area contributed by atoms with Crippen LogP contribution in [-0.4, -0.2) is 54.9 Å². The highest BCUT2D eigenvalue weighted by Crippen LogP contribution is 2.25. The number of urea groups is 1. The predicted octanol–water partition coefficient (Wildman–Crippen LogP) is 2.21. The number of thiazole rings is 1. The van der Waals surface area contributed by atoms with Crippen molar-refractivity contribution in [1.29, 1.82) is 0 Å². The highest BCUT2D eigenvalue weighted by molar-refractivity contribution is 7.14. The molecule has 8 nitrogen and oxygen atoms in total. The first-order valence-corrected chi connectivity index (χ1v) is 9.41. The summed E-state index contributed by atoms with van der Waals surface area (Å²) in [4.78, 5) is 43.4. The van der Waals surface area contributed by atoms with Gasteiger partial charge in [-0.2, -0.15) is 0 Å². The predicted molar refractivity (Wildman–Crippen MR) is 105 cm³/mol. The second-order valence-corrected chi connectivity index (χ2v) is 7.37. The zero-order valence-corrected chi connectivity index (χ0v) is 16.4. The first-order valence-electron chi connectivity index (χ1n) is 8.16. The molecule has 1 saturated heterocycles. The Morgan fingerprint density at radius 3 is 2.85 bits per heavy atom. The summed E-state index contributed by atoms with van der Waals surface area (Å²) in [6.45, 7) is 1.13. The zero-order valence-electron chi connectivity index (χ0n) is 14.8. The van der Waals surface area contributed by atoms with Crippen molar-refractivity contribution >= 4 is 51.6 Å². The summed E-state index contributed by atoms with van der Waals surface area (Å²) in [5, 5.41) is 8.06. The van der Waals surface area contributed by atoms with E-state index >= 15 is 0 Å². The van der Waals surface area contributed by atoms with Gasteiger partial charge in [-0.05, 0) is 18.2 Å². The van der Waals surface area contributed by atoms with E-state index in [2.05, 4.69) is 15.6 Å². The number of benzene rings is 1. The van der Waals surface area contributed by atoms with E-state index < -0.39 is 0 Å². The van der Waals surface area contributed by atoms with Gasteiger partial charge in [0.15, 0.2) is 5.13 Å². The second-order valence-electron chi connectivity index (χ2n) is 6.12. The van der Waals surface area contributed by atoms with Gasteiger partial charge in [-0.15, -0.1) is 11.3 Å². The molecule has 0 atom stereocenters. The summed E-state index contributed by atoms with van der Waals surface area (Å²) >= 11 is 7.44. The van der Waals surface area contributed by atoms with Crippen molar-refractivity contribution in [1.82, 2.24) is 15.2 Å². The topological polar surface area (TPSA) is 94.6 Å². The van der Waals surface area contributed by atoms with E-state index in [0.717, 1.165) is 0 Å². The minimum absolute atomic E-state index is 0.0359. The number of hydrogen-bond donors (Lipinski definition) is 2. The maximum Gasteiger partial charge on any atom is 0.323 e. The SMILES string of the molecule is CN(C)C(=O)c1ccc(Cl)c(NC(=O)Cc2csc(N3CCNC3=O)n2)c1. The minimum atomic E-state index is -0.311. The molecule has 4 amide bonds. The van der Waals surface area contributed by atoms with Gasteiger partial charge in [-0.1, -0.05) is 11.6 Å². The first-order chi connectivity index (χ1) is 12.8. The average Bonchev–Trinajstić information content (AvgIpc) is 3.24. The van der Waals surface area contributed by atoms with Crippen LogP contribution in [0.3, 0.4) is 0 Å². The van der Waals surface area contributed by atoms with E-state index in [9.17, 15) is 14.4 Å². The van der Waals surface area contributed by atoms with Crippen LogP contribution in [0, 0.1) is 0 Å². The molecule has 142 valence electrons. The van der Waals surface area contributed by atoms with Crippen LogP contribution in [0.25, 0.3) is 0 Å². The van der Waals surface area contributed by atoms with Crippen LogP contribution >= 0.6 is 22.9 Å². The molecule has 3 rings (SSSR count). The van der Waals surface area contributed by atoms with Crippen molar-refractivity contribution in [3.63, 3.8) is 0 Å². The van der Waals surface area contributed by atoms with E-state index in [0.29, 0.717) is 40.2 Å². The Kier molecular flexibility index (Phi) is 5.62. The molecule has 1 aliphatic heterocycles. The number of nitrogens with one attached hydrogen (secondary N) is 2. The van der Waals surface area contributed by atoms with E-state index in [1.54, 1.807) is 42.6 Å². The first kappa shape index (κ1) is 19.1. The molecule has 27 heavy (non-hydrogen) atoms. The standard InChI is InChI=1S/C17H18ClN5O3S/c1-22(2)15(25)10-3-4-12(18)13(7-10)21-14(24)8-11-9-27-17(20-11)23-6-5-19-16(23)26/h3-4,7,9H,5-6,8H2,1-2H3,(H,19,26)(H,21,24). The van der Waals surface area contributed by atoms with E-state index in [-0.39, 0.29) is 24.3 Å². The van der Waals surface area contributed by atoms with Gasteiger partial charge in [0.1, 0.15) is 0 Å². The molecule has 1 aromatic heterocycles. The average molecular weight is 408 g/mol. The molecule has 10 heteroatoms. The fraction of sp³-hybridized carbons (Fsp3) is 0.294. The third-order valence-electron chi connectivity index (χ3n) is 3.86. The third kappa shape index (κ3) is 4.37. The molecule has 1 aliphatic rings. The largest absolute Gasteiger partial charge is 0.345 e. The Hall–Kier alpha value is -2.65. The highest BCUT2D eigenvalue weighted by atomic mass is 35.5. The molecule has 0 radical (unpaired) electrons. The zero-order chi connectivity index (χ0) is 19.6. The van der Waals surface area contributed by atoms with E-state index in [1.165, 1.54) is 16.2 Å². The molecule has 2 heterocycles. The number of carbonyl (C=O) groups excluding carboxylic acids is 3. The van der Waals surface area contributed by atoms with Crippen LogP contribution in [0.2, 0.25) is 5.02 Å². The van der Waals surface area contributed by atoms with Crippen LogP contribution in [-0.2, 0) is 11.2 Å². The van der Waals surface area contributed by atoms with Gasteiger partial charge in [0.05, 0.1) is 22.8 Å². The summed E-state index contributed by atoms with van der Waals surface area (Å²) in [6, 6.07) is 4.54. The van der Waals surface area contributed by atoms with Crippen molar-refractivity contribution in [3.8, 4) is 0 Å². The Labute approximate surface area is 165 Å². The lowest BCUT2D eigenvalue weighted by molar-refractivity contribution is -0.115. The molecule has 0 bridgehead atoms. The number of aromatic nitrogens is 1. The molecule has 0 aliphatic carbocycles. The van der Waals surface area contributed by atoms with Crippen molar-refractivity contribution < 1.29 is 14.4 Å².